The van der Waals surface area contributed by atoms with Gasteiger partial charge < -0.3 is 31.1 Å². The molecule has 34 heavy (non-hydrogen) atoms. The molecule has 0 radical (unpaired) electrons. The maximum absolute atomic E-state index is 12.6. The van der Waals surface area contributed by atoms with Crippen molar-refractivity contribution >= 4 is 29.7 Å². The summed E-state index contributed by atoms with van der Waals surface area (Å²) in [7, 11) is 0. The molecule has 0 saturated carbocycles. The summed E-state index contributed by atoms with van der Waals surface area (Å²) in [4.78, 5) is 58.3. The van der Waals surface area contributed by atoms with Crippen LogP contribution in [-0.4, -0.2) is 56.5 Å². The van der Waals surface area contributed by atoms with Crippen molar-refractivity contribution < 1.29 is 34.2 Å². The number of aromatic nitrogens is 1. The maximum atomic E-state index is 12.6. The highest BCUT2D eigenvalue weighted by molar-refractivity contribution is 5.92. The summed E-state index contributed by atoms with van der Waals surface area (Å²) in [6, 6.07) is 8.95. The molecule has 2 unspecified atom stereocenters. The molecular formula is C23H28N4O7. The predicted octanol–water partition coefficient (Wildman–Crippen LogP) is 0.594. The molecule has 3 amide bonds. The number of amides is 3. The van der Waals surface area contributed by atoms with E-state index in [0.29, 0.717) is 6.42 Å². The number of carboxylic acids is 2. The maximum Gasteiger partial charge on any atom is 0.303 e. The quantitative estimate of drug-likeness (QED) is 0.267. The lowest BCUT2D eigenvalue weighted by Crippen LogP contribution is -2.53. The molecule has 6 N–H and O–H groups in total. The van der Waals surface area contributed by atoms with Crippen LogP contribution in [0.15, 0.2) is 48.8 Å². The zero-order valence-electron chi connectivity index (χ0n) is 18.5. The van der Waals surface area contributed by atoms with Crippen LogP contribution in [0.4, 0.5) is 0 Å². The summed E-state index contributed by atoms with van der Waals surface area (Å²) in [5.41, 5.74) is 7.09. The summed E-state index contributed by atoms with van der Waals surface area (Å²) >= 11 is 0. The van der Waals surface area contributed by atoms with Crippen LogP contribution in [0.1, 0.15) is 37.7 Å². The number of nitrogens with one attached hydrogen (secondary N) is 2. The van der Waals surface area contributed by atoms with E-state index in [0.717, 1.165) is 11.3 Å². The van der Waals surface area contributed by atoms with E-state index in [-0.39, 0.29) is 19.3 Å². The Kier molecular flexibility index (Phi) is 9.81. The molecule has 0 spiro atoms. The normalized spacial score (nSPS) is 12.4. The second-order valence-corrected chi connectivity index (χ2v) is 7.71. The number of carboxylic acid groups (broad SMARTS) is 2. The largest absolute Gasteiger partial charge is 0.481 e. The Hall–Kier alpha value is -4.15. The predicted molar refractivity (Wildman–Crippen MR) is 121 cm³/mol. The molecule has 1 aromatic carbocycles. The first-order chi connectivity index (χ1) is 16.2. The Bertz CT molecular complexity index is 1000. The van der Waals surface area contributed by atoms with Gasteiger partial charge in [-0.25, -0.2) is 0 Å². The summed E-state index contributed by atoms with van der Waals surface area (Å²) < 4.78 is 1.94. The van der Waals surface area contributed by atoms with Gasteiger partial charge >= 0.3 is 11.9 Å². The topological polar surface area (TPSA) is 181 Å². The van der Waals surface area contributed by atoms with Crippen molar-refractivity contribution in [2.24, 2.45) is 5.73 Å². The van der Waals surface area contributed by atoms with Gasteiger partial charge in [-0.15, -0.1) is 0 Å². The third-order valence-electron chi connectivity index (χ3n) is 5.09. The molecule has 0 fully saturated rings. The number of nitrogens with zero attached hydrogens (tertiary/aromatic N) is 1. The first kappa shape index (κ1) is 26.1. The number of hydrogen-bond donors (Lipinski definition) is 5. The van der Waals surface area contributed by atoms with Gasteiger partial charge in [0.15, 0.2) is 0 Å². The molecule has 0 aliphatic heterocycles. The van der Waals surface area contributed by atoms with Crippen molar-refractivity contribution in [2.75, 3.05) is 0 Å². The second kappa shape index (κ2) is 12.8. The monoisotopic (exact) mass is 472 g/mol. The number of aryl methyl sites for hydroxylation is 1. The number of primary amides is 1. The van der Waals surface area contributed by atoms with Crippen molar-refractivity contribution in [3.05, 3.63) is 54.4 Å². The van der Waals surface area contributed by atoms with Crippen LogP contribution in [0, 0.1) is 0 Å². The summed E-state index contributed by atoms with van der Waals surface area (Å²) in [5, 5.41) is 22.5. The SMILES string of the molecule is NC(=O)C(CCC(=O)O)NC(=O)C(CCC(=O)O)NC(=O)CCc1ccc(-n2cccc2)cc1. The highest BCUT2D eigenvalue weighted by atomic mass is 16.4. The van der Waals surface area contributed by atoms with Gasteiger partial charge in [-0.2, -0.15) is 0 Å². The van der Waals surface area contributed by atoms with Gasteiger partial charge in [-0.1, -0.05) is 12.1 Å². The van der Waals surface area contributed by atoms with Crippen molar-refractivity contribution in [3.63, 3.8) is 0 Å². The number of aliphatic carboxylic acids is 2. The molecular weight excluding hydrogens is 444 g/mol. The van der Waals surface area contributed by atoms with E-state index in [2.05, 4.69) is 10.6 Å². The average Bonchev–Trinajstić information content (AvgIpc) is 3.32. The number of rotatable bonds is 14. The minimum absolute atomic E-state index is 0.0536. The van der Waals surface area contributed by atoms with E-state index < -0.39 is 54.6 Å². The van der Waals surface area contributed by atoms with E-state index in [4.69, 9.17) is 15.9 Å². The van der Waals surface area contributed by atoms with Gasteiger partial charge in [-0.05, 0) is 49.1 Å². The summed E-state index contributed by atoms with van der Waals surface area (Å²) in [6.45, 7) is 0. The van der Waals surface area contributed by atoms with Gasteiger partial charge in [0, 0.05) is 37.3 Å². The fraction of sp³-hybridized carbons (Fsp3) is 0.348. The third kappa shape index (κ3) is 8.77. The second-order valence-electron chi connectivity index (χ2n) is 7.71. The lowest BCUT2D eigenvalue weighted by Gasteiger charge is -2.21. The van der Waals surface area contributed by atoms with E-state index in [1.165, 1.54) is 0 Å². The molecule has 2 atom stereocenters. The van der Waals surface area contributed by atoms with Crippen LogP contribution < -0.4 is 16.4 Å². The van der Waals surface area contributed by atoms with Crippen LogP contribution in [0.3, 0.4) is 0 Å². The van der Waals surface area contributed by atoms with E-state index in [1.54, 1.807) is 0 Å². The third-order valence-corrected chi connectivity index (χ3v) is 5.09. The Balaban J connectivity index is 1.95. The Labute approximate surface area is 195 Å². The molecule has 0 aliphatic rings. The van der Waals surface area contributed by atoms with Crippen molar-refractivity contribution in [1.29, 1.82) is 0 Å². The van der Waals surface area contributed by atoms with Gasteiger partial charge in [-0.3, -0.25) is 24.0 Å². The Morgan fingerprint density at radius 2 is 1.38 bits per heavy atom. The molecule has 182 valence electrons. The molecule has 11 nitrogen and oxygen atoms in total. The number of nitrogens with two attached hydrogens (primary N) is 1. The number of hydrogen-bond acceptors (Lipinski definition) is 5. The molecule has 11 heteroatoms. The van der Waals surface area contributed by atoms with Crippen molar-refractivity contribution in [1.82, 2.24) is 15.2 Å². The number of benzene rings is 1. The van der Waals surface area contributed by atoms with Crippen LogP contribution in [-0.2, 0) is 30.4 Å². The zero-order valence-corrected chi connectivity index (χ0v) is 18.5. The van der Waals surface area contributed by atoms with Gasteiger partial charge in [0.2, 0.25) is 17.7 Å². The number of carbonyl (C=O) groups is 5. The standard InChI is InChI=1S/C23H28N4O7/c24-22(33)17(8-11-20(29)30)26-23(34)18(9-12-21(31)32)25-19(28)10-5-15-3-6-16(7-4-15)27-13-1-2-14-27/h1-4,6-7,13-14,17-18H,5,8-12H2,(H2,24,33)(H,25,28)(H,26,34)(H,29,30)(H,31,32). The van der Waals surface area contributed by atoms with Crippen LogP contribution in [0.25, 0.3) is 5.69 Å². The number of carbonyl (C=O) groups excluding carboxylic acids is 3. The highest BCUT2D eigenvalue weighted by Gasteiger charge is 2.26. The summed E-state index contributed by atoms with van der Waals surface area (Å²) in [5.74, 6) is -4.54. The molecule has 2 aromatic rings. The summed E-state index contributed by atoms with van der Waals surface area (Å²) in [6.07, 6.45) is 3.05. The lowest BCUT2D eigenvalue weighted by atomic mass is 10.1. The van der Waals surface area contributed by atoms with E-state index in [9.17, 15) is 24.0 Å². The van der Waals surface area contributed by atoms with E-state index in [1.807, 2.05) is 53.4 Å². The van der Waals surface area contributed by atoms with Gasteiger partial charge in [0.05, 0.1) is 0 Å². The van der Waals surface area contributed by atoms with Crippen molar-refractivity contribution in [3.8, 4) is 5.69 Å². The fourth-order valence-corrected chi connectivity index (χ4v) is 3.23. The van der Waals surface area contributed by atoms with Crippen molar-refractivity contribution in [2.45, 2.75) is 50.6 Å². The molecule has 2 rings (SSSR count). The van der Waals surface area contributed by atoms with Crippen LogP contribution in [0.2, 0.25) is 0 Å². The molecule has 0 aliphatic carbocycles. The van der Waals surface area contributed by atoms with Crippen LogP contribution >= 0.6 is 0 Å². The minimum Gasteiger partial charge on any atom is -0.481 e. The molecule has 1 heterocycles. The average molecular weight is 472 g/mol. The minimum atomic E-state index is -1.26. The Morgan fingerprint density at radius 3 is 1.91 bits per heavy atom. The highest BCUT2D eigenvalue weighted by Crippen LogP contribution is 2.12. The fourth-order valence-electron chi connectivity index (χ4n) is 3.23. The first-order valence-corrected chi connectivity index (χ1v) is 10.7. The molecule has 0 bridgehead atoms. The first-order valence-electron chi connectivity index (χ1n) is 10.7. The lowest BCUT2D eigenvalue weighted by molar-refractivity contribution is -0.139. The smallest absolute Gasteiger partial charge is 0.303 e. The molecule has 0 saturated heterocycles. The Morgan fingerprint density at radius 1 is 0.824 bits per heavy atom. The molecule has 1 aromatic heterocycles. The van der Waals surface area contributed by atoms with Crippen LogP contribution in [0.5, 0.6) is 0 Å². The zero-order chi connectivity index (χ0) is 25.1. The van der Waals surface area contributed by atoms with Gasteiger partial charge in [0.1, 0.15) is 12.1 Å². The van der Waals surface area contributed by atoms with E-state index >= 15 is 0 Å². The van der Waals surface area contributed by atoms with Gasteiger partial charge in [0.25, 0.3) is 0 Å².